The van der Waals surface area contributed by atoms with Gasteiger partial charge in [-0.1, -0.05) is 249 Å². The molecule has 70 heavy (non-hydrogen) atoms. The molecule has 0 saturated heterocycles. The van der Waals surface area contributed by atoms with Gasteiger partial charge in [0.1, 0.15) is 0 Å². The van der Waals surface area contributed by atoms with Crippen molar-refractivity contribution in [2.75, 3.05) is 4.90 Å². The summed E-state index contributed by atoms with van der Waals surface area (Å²) in [6, 6.07) is 113. The van der Waals surface area contributed by atoms with E-state index >= 15 is 0 Å². The monoisotopic (exact) mass is 926 g/mol. The lowest BCUT2D eigenvalue weighted by Crippen LogP contribution is -2.74. The van der Waals surface area contributed by atoms with Crippen LogP contribution in [0.5, 0.6) is 0 Å². The highest BCUT2D eigenvalue weighted by Gasteiger charge is 2.43. The Kier molecular flexibility index (Phi) is 11.3. The summed E-state index contributed by atoms with van der Waals surface area (Å²) in [5, 5.41) is 13.3. The molecule has 0 saturated carbocycles. The van der Waals surface area contributed by atoms with Gasteiger partial charge in [0.05, 0.1) is 11.0 Å². The third-order valence-corrected chi connectivity index (χ3v) is 23.8. The summed E-state index contributed by atoms with van der Waals surface area (Å²) >= 11 is 0. The minimum atomic E-state index is -2.89. The van der Waals surface area contributed by atoms with Crippen LogP contribution in [0, 0.1) is 0 Å². The average Bonchev–Trinajstić information content (AvgIpc) is 3.77. The number of hydrogen-bond acceptors (Lipinski definition) is 1. The fourth-order valence-corrected chi connectivity index (χ4v) is 20.8. The Balaban J connectivity index is 1.19. The van der Waals surface area contributed by atoms with Gasteiger partial charge in [0.15, 0.2) is 16.1 Å². The number of nitrogens with zero attached hydrogens (tertiary/aromatic N) is 2. The predicted octanol–water partition coefficient (Wildman–Crippen LogP) is 11.0. The Bertz CT molecular complexity index is 3260. The Hall–Kier alpha value is -8.55. The number of fused-ring (bicyclic) bond motifs is 3. The van der Waals surface area contributed by atoms with Crippen molar-refractivity contribution in [3.8, 4) is 5.69 Å². The molecule has 0 unspecified atom stereocenters. The zero-order valence-electron chi connectivity index (χ0n) is 38.8. The quantitative estimate of drug-likeness (QED) is 0.0876. The SMILES string of the molecule is c1ccc(N(c2ccccc2)c2cccc(-n3c4ccc([Si](c5ccccc5)(c5ccccc5)c5ccccc5)cc4c4cc([Si](c5ccccc5)(c5ccccc5)c5ccccc5)ccc43)c2)cc1. The van der Waals surface area contributed by atoms with E-state index in [4.69, 9.17) is 0 Å². The molecule has 0 amide bonds. The maximum Gasteiger partial charge on any atom is 0.179 e. The van der Waals surface area contributed by atoms with Crippen LogP contribution < -0.4 is 46.4 Å². The Morgan fingerprint density at radius 2 is 0.514 bits per heavy atom. The predicted molar refractivity (Wildman–Crippen MR) is 303 cm³/mol. The van der Waals surface area contributed by atoms with Crippen LogP contribution in [0.4, 0.5) is 17.1 Å². The maximum absolute atomic E-state index is 2.89. The molecule has 4 heteroatoms. The van der Waals surface area contributed by atoms with Crippen LogP contribution in [-0.4, -0.2) is 20.7 Å². The summed E-state index contributed by atoms with van der Waals surface area (Å²) < 4.78 is 2.50. The summed E-state index contributed by atoms with van der Waals surface area (Å²) in [5.41, 5.74) is 6.74. The molecule has 1 heterocycles. The van der Waals surface area contributed by atoms with Gasteiger partial charge >= 0.3 is 0 Å². The average molecular weight is 927 g/mol. The Labute approximate surface area is 412 Å². The van der Waals surface area contributed by atoms with Crippen LogP contribution in [0.2, 0.25) is 0 Å². The minimum absolute atomic E-state index is 1.09. The van der Waals surface area contributed by atoms with Crippen molar-refractivity contribution < 1.29 is 0 Å². The molecular formula is C66H50N2Si2. The molecule has 11 aromatic carbocycles. The second kappa shape index (κ2) is 18.5. The molecular weight excluding hydrogens is 877 g/mol. The van der Waals surface area contributed by atoms with Crippen LogP contribution in [0.15, 0.2) is 303 Å². The lowest BCUT2D eigenvalue weighted by atomic mass is 10.1. The van der Waals surface area contributed by atoms with Crippen molar-refractivity contribution >= 4 is 96.5 Å². The molecule has 0 bridgehead atoms. The van der Waals surface area contributed by atoms with Gasteiger partial charge in [0, 0.05) is 33.5 Å². The maximum atomic E-state index is 2.57. The van der Waals surface area contributed by atoms with Crippen LogP contribution in [0.25, 0.3) is 27.5 Å². The lowest BCUT2D eigenvalue weighted by molar-refractivity contribution is 1.17. The van der Waals surface area contributed by atoms with Gasteiger partial charge in [0.2, 0.25) is 0 Å². The topological polar surface area (TPSA) is 8.17 Å². The van der Waals surface area contributed by atoms with Gasteiger partial charge in [-0.2, -0.15) is 0 Å². The van der Waals surface area contributed by atoms with Gasteiger partial charge in [0.25, 0.3) is 0 Å². The number of aromatic nitrogens is 1. The molecule has 2 nitrogen and oxygen atoms in total. The molecule has 0 aliphatic rings. The first-order chi connectivity index (χ1) is 34.7. The molecule has 12 rings (SSSR count). The van der Waals surface area contributed by atoms with Crippen molar-refractivity contribution in [3.63, 3.8) is 0 Å². The second-order valence-electron chi connectivity index (χ2n) is 18.0. The molecule has 0 aliphatic carbocycles. The van der Waals surface area contributed by atoms with E-state index in [-0.39, 0.29) is 0 Å². The molecule has 0 aliphatic heterocycles. The minimum Gasteiger partial charge on any atom is -0.310 e. The van der Waals surface area contributed by atoms with E-state index < -0.39 is 16.1 Å². The highest BCUT2D eigenvalue weighted by atomic mass is 28.3. The van der Waals surface area contributed by atoms with Crippen molar-refractivity contribution in [3.05, 3.63) is 303 Å². The molecule has 12 aromatic rings. The summed E-state index contributed by atoms with van der Waals surface area (Å²) in [6.45, 7) is 0. The number of para-hydroxylation sites is 2. The van der Waals surface area contributed by atoms with E-state index in [0.29, 0.717) is 0 Å². The molecule has 0 fully saturated rings. The van der Waals surface area contributed by atoms with Gasteiger partial charge in [-0.05, 0) is 96.1 Å². The van der Waals surface area contributed by atoms with E-state index in [1.807, 2.05) is 0 Å². The second-order valence-corrected chi connectivity index (χ2v) is 25.6. The first-order valence-electron chi connectivity index (χ1n) is 24.2. The van der Waals surface area contributed by atoms with Gasteiger partial charge in [-0.3, -0.25) is 0 Å². The van der Waals surface area contributed by atoms with E-state index in [1.165, 1.54) is 63.3 Å². The molecule has 0 radical (unpaired) electrons. The first kappa shape index (κ1) is 42.8. The van der Waals surface area contributed by atoms with Crippen molar-refractivity contribution in [1.29, 1.82) is 0 Å². The van der Waals surface area contributed by atoms with E-state index in [9.17, 15) is 0 Å². The molecule has 0 N–H and O–H groups in total. The number of anilines is 3. The van der Waals surface area contributed by atoms with E-state index in [2.05, 4.69) is 313 Å². The highest BCUT2D eigenvalue weighted by Crippen LogP contribution is 2.38. The summed E-state index contributed by atoms with van der Waals surface area (Å²) in [6.07, 6.45) is 0. The number of benzene rings is 11. The Morgan fingerprint density at radius 1 is 0.229 bits per heavy atom. The van der Waals surface area contributed by atoms with Gasteiger partial charge in [-0.25, -0.2) is 0 Å². The molecule has 0 spiro atoms. The zero-order chi connectivity index (χ0) is 46.7. The van der Waals surface area contributed by atoms with E-state index in [1.54, 1.807) is 0 Å². The third-order valence-electron chi connectivity index (χ3n) is 14.2. The fraction of sp³-hybridized carbons (Fsp3) is 0. The smallest absolute Gasteiger partial charge is 0.179 e. The van der Waals surface area contributed by atoms with Crippen LogP contribution >= 0.6 is 0 Å². The van der Waals surface area contributed by atoms with E-state index in [0.717, 1.165) is 22.7 Å². The number of hydrogen-bond donors (Lipinski definition) is 0. The van der Waals surface area contributed by atoms with Gasteiger partial charge < -0.3 is 9.47 Å². The van der Waals surface area contributed by atoms with Crippen LogP contribution in [0.1, 0.15) is 0 Å². The molecule has 332 valence electrons. The Morgan fingerprint density at radius 3 is 0.829 bits per heavy atom. The van der Waals surface area contributed by atoms with Gasteiger partial charge in [-0.15, -0.1) is 0 Å². The fourth-order valence-electron chi connectivity index (χ4n) is 11.3. The standard InChI is InChI=1S/C66H50N2Si2/c1-9-26-51(27-10-1)67(52-28-11-2-12-29-52)53-30-25-31-54(48-53)68-65-46-44-61(69(55-32-13-3-14-33-55,56-34-15-4-16-35-56)57-36-17-5-18-37-57)49-63(65)64-50-62(45-47-66(64)68)70(58-38-19-6-20-39-58,59-40-21-7-22-41-59)60-42-23-8-24-43-60/h1-50H. The third kappa shape index (κ3) is 7.24. The normalized spacial score (nSPS) is 11.7. The molecule has 1 aromatic heterocycles. The number of rotatable bonds is 12. The van der Waals surface area contributed by atoms with Crippen molar-refractivity contribution in [1.82, 2.24) is 4.57 Å². The summed E-state index contributed by atoms with van der Waals surface area (Å²) in [4.78, 5) is 2.35. The summed E-state index contributed by atoms with van der Waals surface area (Å²) in [7, 11) is -5.78. The van der Waals surface area contributed by atoms with Crippen molar-refractivity contribution in [2.45, 2.75) is 0 Å². The first-order valence-corrected chi connectivity index (χ1v) is 28.2. The summed E-state index contributed by atoms with van der Waals surface area (Å²) in [5.74, 6) is 0. The highest BCUT2D eigenvalue weighted by molar-refractivity contribution is 7.20. The van der Waals surface area contributed by atoms with Crippen LogP contribution in [-0.2, 0) is 0 Å². The zero-order valence-corrected chi connectivity index (χ0v) is 40.8. The lowest BCUT2D eigenvalue weighted by Gasteiger charge is -2.34. The largest absolute Gasteiger partial charge is 0.310 e. The molecule has 0 atom stereocenters. The van der Waals surface area contributed by atoms with Crippen molar-refractivity contribution in [2.24, 2.45) is 0 Å². The van der Waals surface area contributed by atoms with Crippen LogP contribution in [0.3, 0.4) is 0 Å².